The highest BCUT2D eigenvalue weighted by Crippen LogP contribution is 2.19. The number of amides is 3. The number of urea groups is 1. The third-order valence-electron chi connectivity index (χ3n) is 5.14. The van der Waals surface area contributed by atoms with Crippen LogP contribution in [0.3, 0.4) is 0 Å². The molecule has 0 unspecified atom stereocenters. The molecule has 3 amide bonds. The lowest BCUT2D eigenvalue weighted by molar-refractivity contribution is -0.126. The number of aryl methyl sites for hydroxylation is 1. The van der Waals surface area contributed by atoms with Gasteiger partial charge in [0.05, 0.1) is 6.04 Å². The van der Waals surface area contributed by atoms with Crippen LogP contribution in [-0.4, -0.2) is 60.0 Å². The van der Waals surface area contributed by atoms with Gasteiger partial charge in [-0.05, 0) is 37.8 Å². The van der Waals surface area contributed by atoms with Crippen molar-refractivity contribution < 1.29 is 9.59 Å². The largest absolute Gasteiger partial charge is 0.352 e. The monoisotopic (exact) mass is 344 g/mol. The summed E-state index contributed by atoms with van der Waals surface area (Å²) in [6, 6.07) is 8.31. The van der Waals surface area contributed by atoms with Crippen LogP contribution < -0.4 is 10.6 Å². The molecule has 25 heavy (non-hydrogen) atoms. The van der Waals surface area contributed by atoms with Gasteiger partial charge in [-0.25, -0.2) is 4.79 Å². The predicted molar refractivity (Wildman–Crippen MR) is 97.2 cm³/mol. The zero-order chi connectivity index (χ0) is 17.8. The van der Waals surface area contributed by atoms with E-state index in [4.69, 9.17) is 0 Å². The first kappa shape index (κ1) is 17.7. The van der Waals surface area contributed by atoms with Crippen LogP contribution in [0, 0.1) is 6.92 Å². The van der Waals surface area contributed by atoms with Crippen LogP contribution >= 0.6 is 0 Å². The number of benzene rings is 1. The summed E-state index contributed by atoms with van der Waals surface area (Å²) in [6.07, 6.45) is 2.21. The zero-order valence-electron chi connectivity index (χ0n) is 15.1. The minimum atomic E-state index is -0.127. The van der Waals surface area contributed by atoms with Crippen LogP contribution in [0.15, 0.2) is 24.3 Å². The molecule has 0 radical (unpaired) electrons. The second-order valence-electron chi connectivity index (χ2n) is 7.07. The molecule has 0 spiro atoms. The number of rotatable bonds is 5. The molecule has 3 rings (SSSR count). The second-order valence-corrected chi connectivity index (χ2v) is 7.07. The molecule has 0 aromatic heterocycles. The summed E-state index contributed by atoms with van der Waals surface area (Å²) in [5.74, 6) is 0.111. The minimum Gasteiger partial charge on any atom is -0.352 e. The fourth-order valence-corrected chi connectivity index (χ4v) is 3.12. The molecule has 1 saturated heterocycles. The maximum absolute atomic E-state index is 12.4. The summed E-state index contributed by atoms with van der Waals surface area (Å²) in [5, 5.41) is 6.06. The molecule has 1 atom stereocenters. The molecule has 1 saturated carbocycles. The molecule has 1 aliphatic carbocycles. The lowest BCUT2D eigenvalue weighted by Gasteiger charge is -2.37. The Morgan fingerprint density at radius 1 is 1.16 bits per heavy atom. The van der Waals surface area contributed by atoms with E-state index in [1.807, 2.05) is 43.0 Å². The van der Waals surface area contributed by atoms with E-state index in [-0.39, 0.29) is 18.0 Å². The number of hydrogen-bond donors (Lipinski definition) is 2. The fourth-order valence-electron chi connectivity index (χ4n) is 3.12. The van der Waals surface area contributed by atoms with Gasteiger partial charge in [0.1, 0.15) is 0 Å². The van der Waals surface area contributed by atoms with E-state index in [9.17, 15) is 9.59 Å². The van der Waals surface area contributed by atoms with Crippen molar-refractivity contribution in [2.75, 3.05) is 26.2 Å². The minimum absolute atomic E-state index is 0.0296. The van der Waals surface area contributed by atoms with Gasteiger partial charge in [0.2, 0.25) is 5.91 Å². The Morgan fingerprint density at radius 2 is 1.84 bits per heavy atom. The smallest absolute Gasteiger partial charge is 0.317 e. The summed E-state index contributed by atoms with van der Waals surface area (Å²) >= 11 is 0. The molecule has 6 heteroatoms. The predicted octanol–water partition coefficient (Wildman–Crippen LogP) is 1.49. The molecule has 1 aromatic carbocycles. The van der Waals surface area contributed by atoms with Crippen LogP contribution in [0.2, 0.25) is 0 Å². The molecule has 2 aliphatic rings. The van der Waals surface area contributed by atoms with Gasteiger partial charge >= 0.3 is 6.03 Å². The lowest BCUT2D eigenvalue weighted by atomic mass is 10.1. The third kappa shape index (κ3) is 4.72. The van der Waals surface area contributed by atoms with Gasteiger partial charge in [0.15, 0.2) is 0 Å². The molecule has 136 valence electrons. The van der Waals surface area contributed by atoms with E-state index >= 15 is 0 Å². The topological polar surface area (TPSA) is 64.7 Å². The van der Waals surface area contributed by atoms with Gasteiger partial charge < -0.3 is 15.5 Å². The van der Waals surface area contributed by atoms with Gasteiger partial charge in [-0.3, -0.25) is 9.69 Å². The fraction of sp³-hybridized carbons (Fsp3) is 0.579. The molecule has 1 aliphatic heterocycles. The lowest BCUT2D eigenvalue weighted by Crippen LogP contribution is -2.56. The number of nitrogens with zero attached hydrogens (tertiary/aromatic N) is 2. The van der Waals surface area contributed by atoms with Crippen LogP contribution in [-0.2, 0) is 11.3 Å². The normalized spacial score (nSPS) is 19.4. The van der Waals surface area contributed by atoms with Gasteiger partial charge in [0, 0.05) is 38.8 Å². The molecule has 0 bridgehead atoms. The van der Waals surface area contributed by atoms with Gasteiger partial charge in [-0.15, -0.1) is 0 Å². The number of hydrogen-bond acceptors (Lipinski definition) is 3. The quantitative estimate of drug-likeness (QED) is 0.851. The summed E-state index contributed by atoms with van der Waals surface area (Å²) in [7, 11) is 0. The molecular formula is C19H28N4O2. The standard InChI is InChI=1S/C19H28N4O2/c1-14-5-3-4-6-16(14)13-20-19(25)23-11-9-22(10-12-23)15(2)18(24)21-17-7-8-17/h3-6,15,17H,7-13H2,1-2H3,(H,20,25)(H,21,24)/t15-/m0/s1. The van der Waals surface area contributed by atoms with Crippen LogP contribution in [0.5, 0.6) is 0 Å². The summed E-state index contributed by atoms with van der Waals surface area (Å²) < 4.78 is 0. The summed E-state index contributed by atoms with van der Waals surface area (Å²) in [4.78, 5) is 28.5. The molecule has 2 fully saturated rings. The van der Waals surface area contributed by atoms with E-state index in [1.165, 1.54) is 5.56 Å². The SMILES string of the molecule is Cc1ccccc1CNC(=O)N1CCN([C@@H](C)C(=O)NC2CC2)CC1. The molecule has 1 heterocycles. The van der Waals surface area contributed by atoms with Crippen molar-refractivity contribution in [3.63, 3.8) is 0 Å². The number of piperazine rings is 1. The van der Waals surface area contributed by atoms with Crippen molar-refractivity contribution in [2.24, 2.45) is 0 Å². The van der Waals surface area contributed by atoms with Crippen molar-refractivity contribution in [3.05, 3.63) is 35.4 Å². The van der Waals surface area contributed by atoms with Crippen LogP contribution in [0.4, 0.5) is 4.79 Å². The van der Waals surface area contributed by atoms with E-state index < -0.39 is 0 Å². The highest BCUT2D eigenvalue weighted by molar-refractivity contribution is 5.82. The van der Waals surface area contributed by atoms with Gasteiger partial charge in [-0.2, -0.15) is 0 Å². The van der Waals surface area contributed by atoms with E-state index in [2.05, 4.69) is 15.5 Å². The Morgan fingerprint density at radius 3 is 2.48 bits per heavy atom. The number of nitrogens with one attached hydrogen (secondary N) is 2. The first-order chi connectivity index (χ1) is 12.0. The van der Waals surface area contributed by atoms with E-state index in [1.54, 1.807) is 0 Å². The highest BCUT2D eigenvalue weighted by atomic mass is 16.2. The maximum atomic E-state index is 12.4. The van der Waals surface area contributed by atoms with Crippen molar-refractivity contribution in [2.45, 2.75) is 45.3 Å². The maximum Gasteiger partial charge on any atom is 0.317 e. The molecule has 2 N–H and O–H groups in total. The van der Waals surface area contributed by atoms with Crippen molar-refractivity contribution in [1.29, 1.82) is 0 Å². The van der Waals surface area contributed by atoms with Crippen molar-refractivity contribution in [3.8, 4) is 0 Å². The number of carbonyl (C=O) groups excluding carboxylic acids is 2. The Hall–Kier alpha value is -2.08. The Bertz CT molecular complexity index is 622. The average Bonchev–Trinajstić information content (AvgIpc) is 3.44. The third-order valence-corrected chi connectivity index (χ3v) is 5.14. The summed E-state index contributed by atoms with van der Waals surface area (Å²) in [6.45, 7) is 7.32. The Labute approximate surface area is 149 Å². The van der Waals surface area contributed by atoms with E-state index in [0.717, 1.165) is 31.5 Å². The Balaban J connectivity index is 1.42. The first-order valence-electron chi connectivity index (χ1n) is 9.16. The van der Waals surface area contributed by atoms with Crippen LogP contribution in [0.1, 0.15) is 30.9 Å². The highest BCUT2D eigenvalue weighted by Gasteiger charge is 2.30. The second kappa shape index (κ2) is 7.87. The summed E-state index contributed by atoms with van der Waals surface area (Å²) in [5.41, 5.74) is 2.32. The van der Waals surface area contributed by atoms with Gasteiger partial charge in [-0.1, -0.05) is 24.3 Å². The zero-order valence-corrected chi connectivity index (χ0v) is 15.1. The van der Waals surface area contributed by atoms with Crippen molar-refractivity contribution in [1.82, 2.24) is 20.4 Å². The first-order valence-corrected chi connectivity index (χ1v) is 9.16. The number of carbonyl (C=O) groups is 2. The van der Waals surface area contributed by atoms with E-state index in [0.29, 0.717) is 25.7 Å². The van der Waals surface area contributed by atoms with Crippen molar-refractivity contribution >= 4 is 11.9 Å². The van der Waals surface area contributed by atoms with Crippen LogP contribution in [0.25, 0.3) is 0 Å². The molecule has 1 aromatic rings. The molecular weight excluding hydrogens is 316 g/mol. The molecule has 6 nitrogen and oxygen atoms in total. The Kier molecular flexibility index (Phi) is 5.58. The van der Waals surface area contributed by atoms with Gasteiger partial charge in [0.25, 0.3) is 0 Å². The average molecular weight is 344 g/mol.